The summed E-state index contributed by atoms with van der Waals surface area (Å²) in [6.07, 6.45) is 0.472. The van der Waals surface area contributed by atoms with E-state index in [0.29, 0.717) is 13.0 Å². The van der Waals surface area contributed by atoms with Crippen molar-refractivity contribution in [3.8, 4) is 0 Å². The molecular weight excluding hydrogens is 294 g/mol. The highest BCUT2D eigenvalue weighted by atomic mass is 79.9. The number of nitrogens with one attached hydrogen (secondary N) is 1. The van der Waals surface area contributed by atoms with Crippen LogP contribution in [0.2, 0.25) is 0 Å². The normalized spacial score (nSPS) is 14.0. The van der Waals surface area contributed by atoms with E-state index in [1.54, 1.807) is 0 Å². The Bertz CT molecular complexity index is 378. The third kappa shape index (κ3) is 5.19. The Hall–Kier alpha value is -0.870. The van der Waals surface area contributed by atoms with Crippen molar-refractivity contribution in [3.63, 3.8) is 0 Å². The number of hydrogen-bond acceptors (Lipinski definition) is 2. The molecule has 1 amide bonds. The van der Waals surface area contributed by atoms with Crippen LogP contribution in [-0.2, 0) is 4.79 Å². The van der Waals surface area contributed by atoms with Crippen LogP contribution in [0.3, 0.4) is 0 Å². The predicted octanol–water partition coefficient (Wildman–Crippen LogP) is 2.69. The van der Waals surface area contributed by atoms with Gasteiger partial charge in [-0.05, 0) is 29.5 Å². The number of carbonyl (C=O) groups is 1. The number of carbonyl (C=O) groups excluding carboxylic acids is 1. The summed E-state index contributed by atoms with van der Waals surface area (Å²) in [5.41, 5.74) is 1.16. The third-order valence-corrected chi connectivity index (χ3v) is 3.42. The predicted molar refractivity (Wildman–Crippen MR) is 76.4 cm³/mol. The molecule has 0 fully saturated rings. The average Bonchev–Trinajstić information content (AvgIpc) is 2.36. The Balaban J connectivity index is 2.42. The molecule has 0 radical (unpaired) electrons. The van der Waals surface area contributed by atoms with Crippen molar-refractivity contribution in [3.05, 3.63) is 34.3 Å². The highest BCUT2D eigenvalue weighted by molar-refractivity contribution is 9.10. The van der Waals surface area contributed by atoms with Crippen LogP contribution in [0.15, 0.2) is 28.7 Å². The van der Waals surface area contributed by atoms with E-state index in [4.69, 9.17) is 5.11 Å². The van der Waals surface area contributed by atoms with Gasteiger partial charge in [0, 0.05) is 24.0 Å². The Morgan fingerprint density at radius 1 is 1.33 bits per heavy atom. The molecule has 0 heterocycles. The van der Waals surface area contributed by atoms with Gasteiger partial charge in [0.1, 0.15) is 0 Å². The number of rotatable bonds is 6. The van der Waals surface area contributed by atoms with E-state index in [2.05, 4.69) is 21.2 Å². The molecule has 0 aliphatic rings. The quantitative estimate of drug-likeness (QED) is 0.848. The summed E-state index contributed by atoms with van der Waals surface area (Å²) in [5.74, 6) is 0.338. The van der Waals surface area contributed by atoms with Crippen molar-refractivity contribution in [2.45, 2.75) is 26.2 Å². The van der Waals surface area contributed by atoms with E-state index in [0.717, 1.165) is 10.0 Å². The smallest absolute Gasteiger partial charge is 0.220 e. The van der Waals surface area contributed by atoms with Gasteiger partial charge in [0.25, 0.3) is 0 Å². The Morgan fingerprint density at radius 2 is 1.94 bits per heavy atom. The van der Waals surface area contributed by atoms with Gasteiger partial charge in [-0.15, -0.1) is 0 Å². The van der Waals surface area contributed by atoms with E-state index >= 15 is 0 Å². The van der Waals surface area contributed by atoms with Crippen molar-refractivity contribution in [1.29, 1.82) is 0 Å². The number of amides is 1. The first-order valence-electron chi connectivity index (χ1n) is 6.16. The molecule has 2 atom stereocenters. The van der Waals surface area contributed by atoms with Gasteiger partial charge in [-0.25, -0.2) is 0 Å². The number of aliphatic hydroxyl groups excluding tert-OH is 1. The first-order valence-corrected chi connectivity index (χ1v) is 6.95. The first-order chi connectivity index (χ1) is 8.52. The zero-order valence-electron chi connectivity index (χ0n) is 10.8. The van der Waals surface area contributed by atoms with Gasteiger partial charge in [-0.3, -0.25) is 4.79 Å². The van der Waals surface area contributed by atoms with E-state index in [1.807, 2.05) is 38.1 Å². The maximum Gasteiger partial charge on any atom is 0.220 e. The fourth-order valence-electron chi connectivity index (χ4n) is 1.61. The number of hydrogen-bond donors (Lipinski definition) is 2. The van der Waals surface area contributed by atoms with Crippen LogP contribution in [0.4, 0.5) is 0 Å². The van der Waals surface area contributed by atoms with Crippen LogP contribution in [0.25, 0.3) is 0 Å². The van der Waals surface area contributed by atoms with Gasteiger partial charge in [0.2, 0.25) is 5.91 Å². The molecule has 4 heteroatoms. The zero-order valence-corrected chi connectivity index (χ0v) is 12.4. The van der Waals surface area contributed by atoms with Gasteiger partial charge in [0.15, 0.2) is 0 Å². The highest BCUT2D eigenvalue weighted by Gasteiger charge is 2.11. The summed E-state index contributed by atoms with van der Waals surface area (Å²) in [6.45, 7) is 4.57. The van der Waals surface area contributed by atoms with E-state index in [-0.39, 0.29) is 24.3 Å². The Labute approximate surface area is 117 Å². The SMILES string of the molecule is CC(CO)CNC(=O)CC(C)c1ccc(Br)cc1. The van der Waals surface area contributed by atoms with E-state index in [1.165, 1.54) is 0 Å². The fourth-order valence-corrected chi connectivity index (χ4v) is 1.88. The molecule has 18 heavy (non-hydrogen) atoms. The largest absolute Gasteiger partial charge is 0.396 e. The van der Waals surface area contributed by atoms with Crippen LogP contribution in [0.5, 0.6) is 0 Å². The molecular formula is C14H20BrNO2. The van der Waals surface area contributed by atoms with E-state index < -0.39 is 0 Å². The molecule has 0 aromatic heterocycles. The van der Waals surface area contributed by atoms with Gasteiger partial charge in [0.05, 0.1) is 0 Å². The molecule has 1 aromatic rings. The molecule has 3 nitrogen and oxygen atoms in total. The maximum absolute atomic E-state index is 11.7. The standard InChI is InChI=1S/C14H20BrNO2/c1-10(9-17)8-16-14(18)7-11(2)12-3-5-13(15)6-4-12/h3-6,10-11,17H,7-9H2,1-2H3,(H,16,18). The minimum atomic E-state index is 0.0331. The lowest BCUT2D eigenvalue weighted by Gasteiger charge is -2.14. The highest BCUT2D eigenvalue weighted by Crippen LogP contribution is 2.21. The Morgan fingerprint density at radius 3 is 2.50 bits per heavy atom. The number of halogens is 1. The summed E-state index contributed by atoms with van der Waals surface area (Å²) in [5, 5.41) is 11.7. The lowest BCUT2D eigenvalue weighted by atomic mass is 9.97. The van der Waals surface area contributed by atoms with Crippen molar-refractivity contribution in [2.75, 3.05) is 13.2 Å². The van der Waals surface area contributed by atoms with Crippen LogP contribution in [0.1, 0.15) is 31.7 Å². The summed E-state index contributed by atoms with van der Waals surface area (Å²) in [6, 6.07) is 8.02. The lowest BCUT2D eigenvalue weighted by Crippen LogP contribution is -2.30. The van der Waals surface area contributed by atoms with Crippen molar-refractivity contribution in [2.24, 2.45) is 5.92 Å². The molecule has 0 saturated carbocycles. The van der Waals surface area contributed by atoms with Gasteiger partial charge < -0.3 is 10.4 Å². The summed E-state index contributed by atoms with van der Waals surface area (Å²) in [7, 11) is 0. The minimum Gasteiger partial charge on any atom is -0.396 e. The molecule has 0 aliphatic carbocycles. The molecule has 0 spiro atoms. The maximum atomic E-state index is 11.7. The molecule has 2 N–H and O–H groups in total. The van der Waals surface area contributed by atoms with Gasteiger partial charge in [-0.2, -0.15) is 0 Å². The monoisotopic (exact) mass is 313 g/mol. The van der Waals surface area contributed by atoms with Crippen LogP contribution < -0.4 is 5.32 Å². The molecule has 0 bridgehead atoms. The number of benzene rings is 1. The zero-order chi connectivity index (χ0) is 13.5. The third-order valence-electron chi connectivity index (χ3n) is 2.89. The molecule has 1 aromatic carbocycles. The van der Waals surface area contributed by atoms with Crippen molar-refractivity contribution < 1.29 is 9.90 Å². The molecule has 100 valence electrons. The van der Waals surface area contributed by atoms with Crippen molar-refractivity contribution >= 4 is 21.8 Å². The molecule has 2 unspecified atom stereocenters. The molecule has 0 aliphatic heterocycles. The molecule has 0 saturated heterocycles. The number of aliphatic hydroxyl groups is 1. The average molecular weight is 314 g/mol. The van der Waals surface area contributed by atoms with Gasteiger partial charge >= 0.3 is 0 Å². The van der Waals surface area contributed by atoms with E-state index in [9.17, 15) is 4.79 Å². The summed E-state index contributed by atoms with van der Waals surface area (Å²) >= 11 is 3.39. The lowest BCUT2D eigenvalue weighted by molar-refractivity contribution is -0.121. The second-order valence-electron chi connectivity index (χ2n) is 4.75. The summed E-state index contributed by atoms with van der Waals surface area (Å²) in [4.78, 5) is 11.7. The Kier molecular flexibility index (Phi) is 6.36. The topological polar surface area (TPSA) is 49.3 Å². The van der Waals surface area contributed by atoms with Crippen LogP contribution in [0, 0.1) is 5.92 Å². The second-order valence-corrected chi connectivity index (χ2v) is 5.66. The minimum absolute atomic E-state index is 0.0331. The second kappa shape index (κ2) is 7.54. The fraction of sp³-hybridized carbons (Fsp3) is 0.500. The van der Waals surface area contributed by atoms with Crippen molar-refractivity contribution in [1.82, 2.24) is 5.32 Å². The first kappa shape index (κ1) is 15.2. The van der Waals surface area contributed by atoms with Gasteiger partial charge in [-0.1, -0.05) is 41.9 Å². The van der Waals surface area contributed by atoms with Crippen LogP contribution in [-0.4, -0.2) is 24.2 Å². The summed E-state index contributed by atoms with van der Waals surface area (Å²) < 4.78 is 1.04. The molecule has 1 rings (SSSR count). The van der Waals surface area contributed by atoms with Crippen LogP contribution >= 0.6 is 15.9 Å².